The molecule has 0 unspecified atom stereocenters. The van der Waals surface area contributed by atoms with Gasteiger partial charge in [-0.3, -0.25) is 0 Å². The summed E-state index contributed by atoms with van der Waals surface area (Å²) < 4.78 is 4.88. The first-order chi connectivity index (χ1) is 30.8. The Hall–Kier alpha value is -8.20. The van der Waals surface area contributed by atoms with Crippen LogP contribution in [0.15, 0.2) is 231 Å². The van der Waals surface area contributed by atoms with E-state index in [2.05, 4.69) is 240 Å². The summed E-state index contributed by atoms with van der Waals surface area (Å²) in [4.78, 5) is 0. The van der Waals surface area contributed by atoms with Crippen molar-refractivity contribution in [2.24, 2.45) is 0 Å². The summed E-state index contributed by atoms with van der Waals surface area (Å²) >= 11 is 0. The van der Waals surface area contributed by atoms with Crippen molar-refractivity contribution >= 4 is 75.9 Å². The fraction of sp³-hybridized carbons (Fsp3) is 0. The number of nitrogens with zero attached hydrogens (tertiary/aromatic N) is 2. The molecule has 0 saturated heterocycles. The van der Waals surface area contributed by atoms with Crippen molar-refractivity contribution < 1.29 is 0 Å². The van der Waals surface area contributed by atoms with E-state index >= 15 is 0 Å². The van der Waals surface area contributed by atoms with Crippen molar-refractivity contribution in [1.82, 2.24) is 9.13 Å². The molecule has 13 aromatic rings. The van der Waals surface area contributed by atoms with Gasteiger partial charge in [0.15, 0.2) is 0 Å². The molecule has 0 N–H and O–H groups in total. The minimum Gasteiger partial charge on any atom is -0.309 e. The lowest BCUT2D eigenvalue weighted by Gasteiger charge is -2.18. The molecule has 288 valence electrons. The summed E-state index contributed by atoms with van der Waals surface area (Å²) in [5.74, 6) is 0. The topological polar surface area (TPSA) is 9.86 Å². The van der Waals surface area contributed by atoms with Crippen LogP contribution in [0.1, 0.15) is 0 Å². The van der Waals surface area contributed by atoms with E-state index in [0.717, 1.165) is 5.69 Å². The van der Waals surface area contributed by atoms with Crippen molar-refractivity contribution in [3.8, 4) is 44.8 Å². The van der Waals surface area contributed by atoms with Gasteiger partial charge in [0, 0.05) is 32.6 Å². The lowest BCUT2D eigenvalue weighted by molar-refractivity contribution is 1.18. The minimum absolute atomic E-state index is 1.14. The average Bonchev–Trinajstić information content (AvgIpc) is 3.85. The van der Waals surface area contributed by atoms with E-state index in [1.165, 1.54) is 115 Å². The molecule has 0 atom stereocenters. The van der Waals surface area contributed by atoms with Gasteiger partial charge >= 0.3 is 0 Å². The maximum absolute atomic E-state index is 2.44. The van der Waals surface area contributed by atoms with Crippen LogP contribution in [0.3, 0.4) is 0 Å². The van der Waals surface area contributed by atoms with Gasteiger partial charge in [0.25, 0.3) is 0 Å². The zero-order valence-electron chi connectivity index (χ0n) is 33.8. The van der Waals surface area contributed by atoms with Crippen molar-refractivity contribution in [1.29, 1.82) is 0 Å². The van der Waals surface area contributed by atoms with Gasteiger partial charge in [-0.1, -0.05) is 182 Å². The first-order valence-corrected chi connectivity index (χ1v) is 21.4. The Morgan fingerprint density at radius 1 is 0.226 bits per heavy atom. The van der Waals surface area contributed by atoms with E-state index < -0.39 is 0 Å². The average molecular weight is 787 g/mol. The van der Waals surface area contributed by atoms with E-state index in [4.69, 9.17) is 0 Å². The number of fused-ring (bicyclic) bond motifs is 9. The summed E-state index contributed by atoms with van der Waals surface area (Å²) in [5, 5.41) is 12.5. The minimum atomic E-state index is 1.14. The molecular formula is C60H38N2. The van der Waals surface area contributed by atoms with E-state index in [9.17, 15) is 0 Å². The molecule has 0 amide bonds. The highest BCUT2D eigenvalue weighted by Gasteiger charge is 2.19. The molecule has 2 aromatic heterocycles. The Morgan fingerprint density at radius 3 is 1.35 bits per heavy atom. The van der Waals surface area contributed by atoms with Crippen molar-refractivity contribution in [2.45, 2.75) is 0 Å². The van der Waals surface area contributed by atoms with Crippen molar-refractivity contribution in [2.75, 3.05) is 0 Å². The van der Waals surface area contributed by atoms with Gasteiger partial charge in [0.1, 0.15) is 0 Å². The molecule has 0 saturated carbocycles. The molecule has 0 aliphatic rings. The van der Waals surface area contributed by atoms with Gasteiger partial charge in [-0.05, 0) is 109 Å². The van der Waals surface area contributed by atoms with Crippen LogP contribution in [0.2, 0.25) is 0 Å². The molecule has 11 aromatic carbocycles. The van der Waals surface area contributed by atoms with Gasteiger partial charge < -0.3 is 9.13 Å². The summed E-state index contributed by atoms with van der Waals surface area (Å²) in [6.45, 7) is 0. The van der Waals surface area contributed by atoms with Crippen LogP contribution in [0.25, 0.3) is 121 Å². The van der Waals surface area contributed by atoms with Crippen LogP contribution in [-0.4, -0.2) is 9.13 Å². The SMILES string of the molecule is c1ccc(-c2c3ccccc3c(-c3ccc(-n4c5ccccc5c5ccc(-c6ccc7c(c6)c6ccccc6n7-c6cccc7ccccc67)cc54)cc3)c3ccccc23)cc1. The first-order valence-electron chi connectivity index (χ1n) is 21.4. The standard InChI is InChI=1S/C60H38N2/c1-2-16-40(17-3-1)59-49-22-6-8-24-51(49)60(52-25-9-7-23-50(52)59)41-29-33-44(34-30-41)61-55-26-12-10-20-46(55)48-35-31-43(38-58(48)61)42-32-36-57-53(37-42)47-21-11-13-27-56(47)62(57)54-28-14-18-39-15-4-5-19-45(39)54/h1-38H. The van der Waals surface area contributed by atoms with Gasteiger partial charge in [0.2, 0.25) is 0 Å². The molecule has 0 radical (unpaired) electrons. The lowest BCUT2D eigenvalue weighted by Crippen LogP contribution is -1.95. The molecule has 2 nitrogen and oxygen atoms in total. The van der Waals surface area contributed by atoms with Crippen LogP contribution in [-0.2, 0) is 0 Å². The van der Waals surface area contributed by atoms with E-state index in [1.807, 2.05) is 0 Å². The zero-order valence-corrected chi connectivity index (χ0v) is 33.8. The van der Waals surface area contributed by atoms with Crippen molar-refractivity contribution in [3.05, 3.63) is 231 Å². The molecule has 13 rings (SSSR count). The Bertz CT molecular complexity index is 3840. The number of aromatic nitrogens is 2. The number of benzene rings is 11. The summed E-state index contributed by atoms with van der Waals surface area (Å²) in [6.07, 6.45) is 0. The van der Waals surface area contributed by atoms with Gasteiger partial charge in [0.05, 0.1) is 27.8 Å². The maximum Gasteiger partial charge on any atom is 0.0547 e. The predicted molar refractivity (Wildman–Crippen MR) is 264 cm³/mol. The molecular weight excluding hydrogens is 749 g/mol. The summed E-state index contributed by atoms with van der Waals surface area (Å²) in [5.41, 5.74) is 14.5. The van der Waals surface area contributed by atoms with Crippen LogP contribution in [0.5, 0.6) is 0 Å². The van der Waals surface area contributed by atoms with Gasteiger partial charge in [-0.15, -0.1) is 0 Å². The second-order valence-corrected chi connectivity index (χ2v) is 16.4. The Morgan fingerprint density at radius 2 is 0.677 bits per heavy atom. The molecule has 62 heavy (non-hydrogen) atoms. The monoisotopic (exact) mass is 786 g/mol. The predicted octanol–water partition coefficient (Wildman–Crippen LogP) is 16.3. The number of rotatable bonds is 5. The molecule has 0 aliphatic carbocycles. The highest BCUT2D eigenvalue weighted by molar-refractivity contribution is 6.21. The Kier molecular flexibility index (Phi) is 7.64. The molecule has 0 aliphatic heterocycles. The third kappa shape index (κ3) is 5.17. The van der Waals surface area contributed by atoms with Crippen LogP contribution >= 0.6 is 0 Å². The quantitative estimate of drug-likeness (QED) is 0.154. The molecule has 2 heteroatoms. The van der Waals surface area contributed by atoms with Crippen LogP contribution in [0.4, 0.5) is 0 Å². The zero-order chi connectivity index (χ0) is 40.7. The van der Waals surface area contributed by atoms with Gasteiger partial charge in [-0.25, -0.2) is 0 Å². The normalized spacial score (nSPS) is 11.9. The van der Waals surface area contributed by atoms with E-state index in [1.54, 1.807) is 0 Å². The smallest absolute Gasteiger partial charge is 0.0547 e. The van der Waals surface area contributed by atoms with E-state index in [0.29, 0.717) is 0 Å². The second kappa shape index (κ2) is 13.7. The number of para-hydroxylation sites is 2. The Balaban J connectivity index is 0.968. The van der Waals surface area contributed by atoms with Crippen LogP contribution < -0.4 is 0 Å². The molecule has 0 bridgehead atoms. The third-order valence-corrected chi connectivity index (χ3v) is 13.1. The summed E-state index contributed by atoms with van der Waals surface area (Å²) in [7, 11) is 0. The highest BCUT2D eigenvalue weighted by atomic mass is 15.0. The van der Waals surface area contributed by atoms with Crippen molar-refractivity contribution in [3.63, 3.8) is 0 Å². The van der Waals surface area contributed by atoms with Gasteiger partial charge in [-0.2, -0.15) is 0 Å². The summed E-state index contributed by atoms with van der Waals surface area (Å²) in [6, 6.07) is 84.7. The fourth-order valence-corrected chi connectivity index (χ4v) is 10.4. The molecule has 2 heterocycles. The first kappa shape index (κ1) is 34.6. The number of hydrogen-bond acceptors (Lipinski definition) is 0. The molecule has 0 spiro atoms. The molecule has 0 fully saturated rings. The van der Waals surface area contributed by atoms with E-state index in [-0.39, 0.29) is 0 Å². The maximum atomic E-state index is 2.44. The third-order valence-electron chi connectivity index (χ3n) is 13.1. The second-order valence-electron chi connectivity index (χ2n) is 16.4. The number of hydrogen-bond donors (Lipinski definition) is 0. The highest BCUT2D eigenvalue weighted by Crippen LogP contribution is 2.44. The Labute approximate surface area is 358 Å². The largest absolute Gasteiger partial charge is 0.309 e. The fourth-order valence-electron chi connectivity index (χ4n) is 10.4. The lowest BCUT2D eigenvalue weighted by atomic mass is 9.86. The van der Waals surface area contributed by atoms with Crippen LogP contribution in [0, 0.1) is 0 Å².